The van der Waals surface area contributed by atoms with E-state index in [-0.39, 0.29) is 24.0 Å². The fraction of sp³-hybridized carbons (Fsp3) is 0.207. The number of anilines is 1. The highest BCUT2D eigenvalue weighted by atomic mass is 32.2. The van der Waals surface area contributed by atoms with Gasteiger partial charge in [0.1, 0.15) is 12.1 Å². The smallest absolute Gasteiger partial charge is 0.406 e. The molecule has 0 spiro atoms. The van der Waals surface area contributed by atoms with Gasteiger partial charge in [-0.2, -0.15) is 4.99 Å². The number of hydrogen-bond donors (Lipinski definition) is 1. The van der Waals surface area contributed by atoms with Crippen molar-refractivity contribution in [3.63, 3.8) is 0 Å². The molecule has 1 aliphatic heterocycles. The molecule has 1 saturated heterocycles. The highest BCUT2D eigenvalue weighted by molar-refractivity contribution is 8.15. The van der Waals surface area contributed by atoms with Crippen molar-refractivity contribution in [1.82, 2.24) is 20.1 Å². The molecule has 4 aromatic rings. The van der Waals surface area contributed by atoms with E-state index in [0.29, 0.717) is 22.2 Å². The molecule has 9 nitrogen and oxygen atoms in total. The van der Waals surface area contributed by atoms with Crippen molar-refractivity contribution in [3.8, 4) is 22.8 Å². The largest absolute Gasteiger partial charge is 0.573 e. The molecular formula is C29H25F3N6O3S. The molecule has 216 valence electrons. The van der Waals surface area contributed by atoms with Crippen LogP contribution in [0.1, 0.15) is 23.6 Å². The highest BCUT2D eigenvalue weighted by Gasteiger charge is 2.33. The number of halogens is 3. The Hall–Kier alpha value is -4.65. The number of amidine groups is 1. The summed E-state index contributed by atoms with van der Waals surface area (Å²) in [5.41, 5.74) is 4.65. The second-order valence-corrected chi connectivity index (χ2v) is 10.2. The molecule has 0 radical (unpaired) electrons. The molecule has 3 amide bonds. The van der Waals surface area contributed by atoms with Gasteiger partial charge in [-0.15, -0.1) is 18.3 Å². The molecule has 1 N–H and O–H groups in total. The Morgan fingerprint density at radius 2 is 1.88 bits per heavy atom. The van der Waals surface area contributed by atoms with Crippen LogP contribution in [0.4, 0.5) is 23.7 Å². The first-order chi connectivity index (χ1) is 20.1. The summed E-state index contributed by atoms with van der Waals surface area (Å²) in [6.07, 6.45) is -2.59. The van der Waals surface area contributed by atoms with Gasteiger partial charge in [-0.1, -0.05) is 55.1 Å². The minimum absolute atomic E-state index is 0.124. The van der Waals surface area contributed by atoms with Crippen LogP contribution in [0.25, 0.3) is 17.1 Å². The van der Waals surface area contributed by atoms with Crippen molar-refractivity contribution >= 4 is 34.6 Å². The van der Waals surface area contributed by atoms with Crippen LogP contribution >= 0.6 is 11.8 Å². The van der Waals surface area contributed by atoms with Crippen molar-refractivity contribution in [3.05, 3.63) is 89.7 Å². The molecule has 5 rings (SSSR count). The van der Waals surface area contributed by atoms with Gasteiger partial charge in [0.05, 0.1) is 17.1 Å². The molecule has 1 fully saturated rings. The fourth-order valence-electron chi connectivity index (χ4n) is 4.43. The van der Waals surface area contributed by atoms with Crippen LogP contribution in [0, 0.1) is 6.92 Å². The van der Waals surface area contributed by atoms with Crippen molar-refractivity contribution in [2.45, 2.75) is 33.2 Å². The summed E-state index contributed by atoms with van der Waals surface area (Å²) in [6.45, 7) is 4.11. The van der Waals surface area contributed by atoms with Gasteiger partial charge in [-0.25, -0.2) is 14.5 Å². The molecular weight excluding hydrogens is 569 g/mol. The van der Waals surface area contributed by atoms with Crippen LogP contribution in [0.2, 0.25) is 0 Å². The van der Waals surface area contributed by atoms with Crippen LogP contribution in [0.15, 0.2) is 78.0 Å². The first kappa shape index (κ1) is 28.9. The zero-order valence-electron chi connectivity index (χ0n) is 22.6. The van der Waals surface area contributed by atoms with Gasteiger partial charge in [0.15, 0.2) is 11.0 Å². The number of aromatic nitrogens is 3. The summed E-state index contributed by atoms with van der Waals surface area (Å²) in [4.78, 5) is 35.5. The molecule has 3 aromatic carbocycles. The van der Waals surface area contributed by atoms with Gasteiger partial charge in [0.2, 0.25) is 5.91 Å². The number of amides is 3. The minimum Gasteiger partial charge on any atom is -0.406 e. The second kappa shape index (κ2) is 12.1. The van der Waals surface area contributed by atoms with Crippen LogP contribution in [-0.2, 0) is 17.8 Å². The molecule has 2 heterocycles. The molecule has 0 saturated carbocycles. The van der Waals surface area contributed by atoms with Crippen molar-refractivity contribution in [2.24, 2.45) is 4.99 Å². The van der Waals surface area contributed by atoms with Gasteiger partial charge in [-0.3, -0.25) is 9.69 Å². The normalized spacial score (nSPS) is 14.5. The molecule has 13 heteroatoms. The molecule has 1 aromatic heterocycles. The minimum atomic E-state index is -4.77. The number of carbonyl (C=O) groups is 2. The fourth-order valence-corrected chi connectivity index (χ4v) is 5.29. The predicted molar refractivity (Wildman–Crippen MR) is 154 cm³/mol. The van der Waals surface area contributed by atoms with Crippen LogP contribution in [-0.4, -0.2) is 44.0 Å². The van der Waals surface area contributed by atoms with E-state index >= 15 is 0 Å². The zero-order valence-corrected chi connectivity index (χ0v) is 23.4. The lowest BCUT2D eigenvalue weighted by Gasteiger charge is -2.21. The quantitative estimate of drug-likeness (QED) is 0.280. The standard InChI is InChI=1S/C29H25F3N6O3S/c1-3-20-8-4-6-18(2)25(20)38-24(39)16-42-28(38)35-27(40)33-15-19-7-5-9-21(14-19)26-34-17-37(36-26)22-10-12-23(13-11-22)41-29(30,31)32/h4-14,17H,3,15-16H2,1-2H3,(H,33,40). The van der Waals surface area contributed by atoms with E-state index in [1.54, 1.807) is 12.1 Å². The number of nitrogens with one attached hydrogen (secondary N) is 1. The number of urea groups is 1. The van der Waals surface area contributed by atoms with Gasteiger partial charge >= 0.3 is 12.4 Å². The number of benzene rings is 3. The van der Waals surface area contributed by atoms with Crippen LogP contribution in [0.5, 0.6) is 5.75 Å². The average molecular weight is 595 g/mol. The lowest BCUT2D eigenvalue weighted by atomic mass is 10.0. The number of thioether (sulfide) groups is 1. The number of alkyl halides is 3. The van der Waals surface area contributed by atoms with E-state index < -0.39 is 12.4 Å². The number of hydrogen-bond acceptors (Lipinski definition) is 6. The van der Waals surface area contributed by atoms with Crippen molar-refractivity contribution < 1.29 is 27.5 Å². The maximum Gasteiger partial charge on any atom is 0.573 e. The maximum atomic E-state index is 12.8. The molecule has 1 aliphatic rings. The SMILES string of the molecule is CCc1cccc(C)c1N1C(=O)CSC1=NC(=O)NCc1cccc(-c2ncn(-c3ccc(OC(F)(F)F)cc3)n2)c1. The Balaban J connectivity index is 1.26. The van der Waals surface area contributed by atoms with E-state index in [1.165, 1.54) is 51.9 Å². The predicted octanol–water partition coefficient (Wildman–Crippen LogP) is 6.05. The summed E-state index contributed by atoms with van der Waals surface area (Å²) in [6, 6.07) is 17.8. The van der Waals surface area contributed by atoms with E-state index in [1.807, 2.05) is 44.2 Å². The summed E-state index contributed by atoms with van der Waals surface area (Å²) < 4.78 is 42.6. The molecule has 0 bridgehead atoms. The van der Waals surface area contributed by atoms with Gasteiger partial charge in [0.25, 0.3) is 0 Å². The highest BCUT2D eigenvalue weighted by Crippen LogP contribution is 2.33. The maximum absolute atomic E-state index is 12.8. The van der Waals surface area contributed by atoms with Gasteiger partial charge in [0, 0.05) is 12.1 Å². The Labute approximate surface area is 243 Å². The number of para-hydroxylation sites is 1. The number of rotatable bonds is 7. The monoisotopic (exact) mass is 594 g/mol. The second-order valence-electron chi connectivity index (χ2n) is 9.26. The van der Waals surface area contributed by atoms with E-state index in [0.717, 1.165) is 28.8 Å². The number of ether oxygens (including phenoxy) is 1. The van der Waals surface area contributed by atoms with E-state index in [2.05, 4.69) is 25.1 Å². The lowest BCUT2D eigenvalue weighted by Crippen LogP contribution is -2.32. The molecule has 0 unspecified atom stereocenters. The topological polar surface area (TPSA) is 102 Å². The first-order valence-electron chi connectivity index (χ1n) is 12.9. The Morgan fingerprint density at radius 1 is 1.12 bits per heavy atom. The third-order valence-corrected chi connectivity index (χ3v) is 7.27. The summed E-state index contributed by atoms with van der Waals surface area (Å²) in [7, 11) is 0. The van der Waals surface area contributed by atoms with Gasteiger partial charge < -0.3 is 10.1 Å². The molecule has 0 aliphatic carbocycles. The third-order valence-electron chi connectivity index (χ3n) is 6.34. The van der Waals surface area contributed by atoms with E-state index in [9.17, 15) is 22.8 Å². The molecule has 0 atom stereocenters. The summed E-state index contributed by atoms with van der Waals surface area (Å²) >= 11 is 1.22. The zero-order chi connectivity index (χ0) is 29.9. The first-order valence-corrected chi connectivity index (χ1v) is 13.9. The Morgan fingerprint density at radius 3 is 2.62 bits per heavy atom. The number of aliphatic imine (C=N–C) groups is 1. The van der Waals surface area contributed by atoms with E-state index in [4.69, 9.17) is 0 Å². The van der Waals surface area contributed by atoms with Crippen molar-refractivity contribution in [1.29, 1.82) is 0 Å². The molecule has 42 heavy (non-hydrogen) atoms. The summed E-state index contributed by atoms with van der Waals surface area (Å²) in [5.74, 6) is 0.135. The third kappa shape index (κ3) is 6.62. The lowest BCUT2D eigenvalue weighted by molar-refractivity contribution is -0.274. The average Bonchev–Trinajstić information content (AvgIpc) is 3.59. The number of aryl methyl sites for hydroxylation is 2. The van der Waals surface area contributed by atoms with Crippen LogP contribution in [0.3, 0.4) is 0 Å². The number of nitrogens with zero attached hydrogens (tertiary/aromatic N) is 5. The van der Waals surface area contributed by atoms with Crippen molar-refractivity contribution in [2.75, 3.05) is 10.7 Å². The van der Waals surface area contributed by atoms with Crippen LogP contribution < -0.4 is 15.0 Å². The Bertz CT molecular complexity index is 1650. The summed E-state index contributed by atoms with van der Waals surface area (Å²) in [5, 5.41) is 7.53. The Kier molecular flexibility index (Phi) is 8.29. The number of carbonyl (C=O) groups excluding carboxylic acids is 2. The van der Waals surface area contributed by atoms with Gasteiger partial charge in [-0.05, 0) is 60.4 Å².